The summed E-state index contributed by atoms with van der Waals surface area (Å²) in [5, 5.41) is 0. The summed E-state index contributed by atoms with van der Waals surface area (Å²) in [4.78, 5) is 68.6. The Hall–Kier alpha value is -2.93. The number of fused-ring (bicyclic) bond motifs is 1. The molecule has 0 aliphatic carbocycles. The molecule has 4 saturated heterocycles. The SMILES string of the molecule is CC[C@H]1OC(=O)[C@H](C)[C@@H](O[C@H]2C[C@@](C)(OC)[C@@H](OC(C)=O)[C@H](C)O2)[C@H](C)[C@@H](O[C@@H]2O[C@H](C)C[C@H](N(C)C)[C@H]2OC(C)=O)[C@](C)(OC)C[C@@H](C)C(=O)[C@H](C)[C@H]2OC(=O)O[C@@]21C. The molecule has 0 radical (unpaired) electrons. The van der Waals surface area contributed by atoms with E-state index in [-0.39, 0.29) is 37.2 Å². The Morgan fingerprint density at radius 1 is 0.783 bits per heavy atom. The van der Waals surface area contributed by atoms with E-state index in [2.05, 4.69) is 0 Å². The van der Waals surface area contributed by atoms with Crippen molar-refractivity contribution in [3.05, 3.63) is 0 Å². The zero-order valence-corrected chi connectivity index (χ0v) is 38.5. The fourth-order valence-corrected chi connectivity index (χ4v) is 9.89. The third-order valence-electron chi connectivity index (χ3n) is 13.3. The van der Waals surface area contributed by atoms with E-state index in [4.69, 9.17) is 52.1 Å². The van der Waals surface area contributed by atoms with Crippen LogP contribution in [0.3, 0.4) is 0 Å². The van der Waals surface area contributed by atoms with Crippen molar-refractivity contribution in [1.82, 2.24) is 4.90 Å². The van der Waals surface area contributed by atoms with Crippen LogP contribution in [-0.2, 0) is 71.3 Å². The lowest BCUT2D eigenvalue weighted by Gasteiger charge is -2.50. The number of cyclic esters (lactones) is 1. The second-order valence-electron chi connectivity index (χ2n) is 18.2. The molecule has 17 nitrogen and oxygen atoms in total. The molecule has 17 heteroatoms. The molecule has 0 aromatic heterocycles. The van der Waals surface area contributed by atoms with Crippen LogP contribution >= 0.6 is 0 Å². The third kappa shape index (κ3) is 10.5. The van der Waals surface area contributed by atoms with E-state index in [1.807, 2.05) is 39.8 Å². The average Bonchev–Trinajstić information content (AvgIpc) is 3.48. The molecule has 4 rings (SSSR count). The number of methoxy groups -OCH3 is 2. The standard InChI is InChI=1S/C43H71NO16/c1-17-30-43(12)36(59-40(49)60-43)23(4)32(47)21(2)19-41(10,50-15)35(58-39-34(54-27(8)45)29(44(13)14)18-22(3)52-39)24(5)33(25(6)38(48)56-30)57-31-20-42(11,51-16)37(26(7)53-31)55-28(9)46/h21-26,29-31,33-37,39H,17-20H2,1-16H3/t21-,22-,23+,24+,25-,26+,29+,30-,31+,33+,34-,35-,36-,37+,39+,41-,42-,43-/m1/s1. The molecule has 0 aromatic carbocycles. The Morgan fingerprint density at radius 2 is 1.38 bits per heavy atom. The van der Waals surface area contributed by atoms with Crippen LogP contribution < -0.4 is 0 Å². The second kappa shape index (κ2) is 19.6. The minimum Gasteiger partial charge on any atom is -0.458 e. The van der Waals surface area contributed by atoms with Gasteiger partial charge in [-0.2, -0.15) is 0 Å². The van der Waals surface area contributed by atoms with Gasteiger partial charge in [0.15, 0.2) is 36.5 Å². The summed E-state index contributed by atoms with van der Waals surface area (Å²) in [6, 6.07) is -0.293. The van der Waals surface area contributed by atoms with E-state index in [9.17, 15) is 24.0 Å². The molecule has 0 amide bonds. The Kier molecular flexibility index (Phi) is 16.3. The van der Waals surface area contributed by atoms with Crippen LogP contribution in [0.4, 0.5) is 4.79 Å². The van der Waals surface area contributed by atoms with Crippen molar-refractivity contribution in [2.24, 2.45) is 23.7 Å². The fraction of sp³-hybridized carbons (Fsp3) is 0.884. The van der Waals surface area contributed by atoms with Crippen molar-refractivity contribution in [2.75, 3.05) is 28.3 Å². The van der Waals surface area contributed by atoms with Crippen LogP contribution in [0.15, 0.2) is 0 Å². The maximum absolute atomic E-state index is 14.6. The van der Waals surface area contributed by atoms with Crippen molar-refractivity contribution >= 4 is 29.8 Å². The Balaban J connectivity index is 1.91. The number of carbonyl (C=O) groups excluding carboxylic acids is 5. The first-order valence-corrected chi connectivity index (χ1v) is 21.2. The molecule has 0 saturated carbocycles. The van der Waals surface area contributed by atoms with Gasteiger partial charge in [-0.1, -0.05) is 27.7 Å². The molecule has 4 fully saturated rings. The number of nitrogens with zero attached hydrogens (tertiary/aromatic N) is 1. The van der Waals surface area contributed by atoms with Crippen molar-refractivity contribution in [1.29, 1.82) is 0 Å². The molecule has 344 valence electrons. The number of ether oxygens (including phenoxy) is 11. The van der Waals surface area contributed by atoms with Crippen LogP contribution in [0.2, 0.25) is 0 Å². The van der Waals surface area contributed by atoms with E-state index in [1.54, 1.807) is 48.5 Å². The van der Waals surface area contributed by atoms with Gasteiger partial charge in [-0.05, 0) is 74.9 Å². The van der Waals surface area contributed by atoms with E-state index in [0.717, 1.165) is 0 Å². The van der Waals surface area contributed by atoms with E-state index in [0.29, 0.717) is 6.42 Å². The smallest absolute Gasteiger partial charge is 0.458 e. The summed E-state index contributed by atoms with van der Waals surface area (Å²) >= 11 is 0. The summed E-state index contributed by atoms with van der Waals surface area (Å²) in [7, 11) is 6.80. The highest BCUT2D eigenvalue weighted by Crippen LogP contribution is 2.44. The molecule has 0 spiro atoms. The van der Waals surface area contributed by atoms with Gasteiger partial charge in [0.1, 0.15) is 17.5 Å². The molecular formula is C43H71NO16. The zero-order chi connectivity index (χ0) is 45.2. The lowest BCUT2D eigenvalue weighted by Crippen LogP contribution is -2.62. The minimum absolute atomic E-state index is 0.0974. The second-order valence-corrected chi connectivity index (χ2v) is 18.2. The van der Waals surface area contributed by atoms with Crippen LogP contribution in [0, 0.1) is 23.7 Å². The Labute approximate surface area is 355 Å². The minimum atomic E-state index is -1.50. The Morgan fingerprint density at radius 3 is 1.93 bits per heavy atom. The first-order valence-electron chi connectivity index (χ1n) is 21.2. The molecule has 4 aliphatic heterocycles. The largest absolute Gasteiger partial charge is 0.509 e. The van der Waals surface area contributed by atoms with Gasteiger partial charge in [0.05, 0.1) is 47.9 Å². The molecule has 0 bridgehead atoms. The third-order valence-corrected chi connectivity index (χ3v) is 13.3. The molecule has 18 atom stereocenters. The van der Waals surface area contributed by atoms with Crippen LogP contribution in [-0.4, -0.2) is 147 Å². The molecule has 60 heavy (non-hydrogen) atoms. The maximum atomic E-state index is 14.6. The van der Waals surface area contributed by atoms with Crippen molar-refractivity contribution in [2.45, 2.75) is 193 Å². The van der Waals surface area contributed by atoms with Gasteiger partial charge in [-0.25, -0.2) is 4.79 Å². The lowest BCUT2D eigenvalue weighted by atomic mass is 9.74. The topological polar surface area (TPSA) is 190 Å². The van der Waals surface area contributed by atoms with Crippen molar-refractivity contribution in [3.8, 4) is 0 Å². The molecule has 0 N–H and O–H groups in total. The highest BCUT2D eigenvalue weighted by atomic mass is 16.8. The summed E-state index contributed by atoms with van der Waals surface area (Å²) < 4.78 is 68.4. The highest BCUT2D eigenvalue weighted by molar-refractivity contribution is 5.84. The molecule has 0 aromatic rings. The van der Waals surface area contributed by atoms with Crippen molar-refractivity contribution in [3.63, 3.8) is 0 Å². The van der Waals surface area contributed by atoms with E-state index < -0.39 is 120 Å². The van der Waals surface area contributed by atoms with Crippen LogP contribution in [0.1, 0.15) is 109 Å². The summed E-state index contributed by atoms with van der Waals surface area (Å²) in [6.07, 6.45) is -8.96. The lowest BCUT2D eigenvalue weighted by molar-refractivity contribution is -0.320. The fourth-order valence-electron chi connectivity index (χ4n) is 9.89. The first-order chi connectivity index (χ1) is 27.9. The number of esters is 3. The number of carbonyl (C=O) groups is 5. The number of hydrogen-bond donors (Lipinski definition) is 0. The number of rotatable bonds is 10. The number of likely N-dealkylation sites (N-methyl/N-ethyl adjacent to an activating group) is 1. The van der Waals surface area contributed by atoms with Crippen molar-refractivity contribution < 1.29 is 76.1 Å². The average molecular weight is 858 g/mol. The number of Topliss-reactive ketones (excluding diaryl/α,β-unsaturated/α-hetero) is 1. The van der Waals surface area contributed by atoms with Gasteiger partial charge in [0.2, 0.25) is 0 Å². The monoisotopic (exact) mass is 857 g/mol. The quantitative estimate of drug-likeness (QED) is 0.216. The van der Waals surface area contributed by atoms with Gasteiger partial charge in [0.25, 0.3) is 0 Å². The molecule has 0 unspecified atom stereocenters. The Bertz CT molecular complexity index is 1540. The normalized spacial score (nSPS) is 44.5. The number of ketones is 1. The highest BCUT2D eigenvalue weighted by Gasteiger charge is 2.60. The van der Waals surface area contributed by atoms with Crippen LogP contribution in [0.5, 0.6) is 0 Å². The first kappa shape index (κ1) is 49.7. The van der Waals surface area contributed by atoms with Gasteiger partial charge >= 0.3 is 24.1 Å². The van der Waals surface area contributed by atoms with Gasteiger partial charge in [-0.15, -0.1) is 0 Å². The van der Waals surface area contributed by atoms with Gasteiger partial charge < -0.3 is 57.0 Å². The number of hydrogen-bond acceptors (Lipinski definition) is 17. The summed E-state index contributed by atoms with van der Waals surface area (Å²) in [5.41, 5.74) is -3.86. The van der Waals surface area contributed by atoms with E-state index >= 15 is 0 Å². The predicted molar refractivity (Wildman–Crippen MR) is 213 cm³/mol. The summed E-state index contributed by atoms with van der Waals surface area (Å²) in [6.45, 7) is 20.3. The molecule has 4 aliphatic rings. The van der Waals surface area contributed by atoms with E-state index in [1.165, 1.54) is 28.1 Å². The van der Waals surface area contributed by atoms with Crippen LogP contribution in [0.25, 0.3) is 0 Å². The zero-order valence-electron chi connectivity index (χ0n) is 38.5. The molecule has 4 heterocycles. The predicted octanol–water partition coefficient (Wildman–Crippen LogP) is 4.76. The summed E-state index contributed by atoms with van der Waals surface area (Å²) in [5.74, 6) is -5.32. The van der Waals surface area contributed by atoms with Gasteiger partial charge in [-0.3, -0.25) is 19.2 Å². The molecular weight excluding hydrogens is 786 g/mol. The van der Waals surface area contributed by atoms with Gasteiger partial charge in [0, 0.05) is 46.3 Å². The maximum Gasteiger partial charge on any atom is 0.509 e.